The van der Waals surface area contributed by atoms with Crippen LogP contribution in [0.4, 0.5) is 11.4 Å². The largest absolute Gasteiger partial charge is 0.485 e. The molecule has 0 saturated carbocycles. The van der Waals surface area contributed by atoms with Crippen molar-refractivity contribution in [3.05, 3.63) is 67.8 Å². The van der Waals surface area contributed by atoms with Gasteiger partial charge in [-0.05, 0) is 44.5 Å². The minimum Gasteiger partial charge on any atom is -0.485 e. The van der Waals surface area contributed by atoms with Crippen LogP contribution in [-0.4, -0.2) is 40.9 Å². The number of aliphatic hydroxyl groups is 1. The number of carbonyl (C=O) groups excluding carboxylic acids is 1. The van der Waals surface area contributed by atoms with Gasteiger partial charge in [-0.2, -0.15) is 0 Å². The molecule has 2 aromatic carbocycles. The van der Waals surface area contributed by atoms with Gasteiger partial charge in [0, 0.05) is 23.6 Å². The lowest BCUT2D eigenvalue weighted by atomic mass is 9.86. The number of nitrogens with zero attached hydrogens (tertiary/aromatic N) is 2. The van der Waals surface area contributed by atoms with Crippen LogP contribution >= 0.6 is 0 Å². The lowest BCUT2D eigenvalue weighted by molar-refractivity contribution is -0.396. The molecule has 0 saturated heterocycles. The number of hydrogen-bond donors (Lipinski definition) is 2. The molecule has 13 heteroatoms. The number of Topliss-reactive ketones (excluding diaryl/α,β-unsaturated/α-hetero) is 1. The van der Waals surface area contributed by atoms with Crippen molar-refractivity contribution in [2.75, 3.05) is 0 Å². The Morgan fingerprint density at radius 3 is 2.41 bits per heavy atom. The SMILES string of the molecule is CCCC(=O)c1ccc2c(c1)[C@@H](NS(=O)(=O)c1ccc([N+](=O)[O-])cc1[N+](=O)[O-])[C@H](O)C(C)(C)O2. The highest BCUT2D eigenvalue weighted by atomic mass is 32.2. The molecule has 1 aliphatic heterocycles. The smallest absolute Gasteiger partial charge is 0.296 e. The molecule has 12 nitrogen and oxygen atoms in total. The molecule has 0 bridgehead atoms. The predicted octanol–water partition coefficient (Wildman–Crippen LogP) is 3.04. The number of ether oxygens (including phenoxy) is 1. The molecule has 34 heavy (non-hydrogen) atoms. The first-order valence-electron chi connectivity index (χ1n) is 10.3. The van der Waals surface area contributed by atoms with E-state index in [1.165, 1.54) is 32.0 Å². The Balaban J connectivity index is 2.11. The highest BCUT2D eigenvalue weighted by molar-refractivity contribution is 7.89. The number of nitro groups is 2. The number of aliphatic hydroxyl groups excluding tert-OH is 1. The van der Waals surface area contributed by atoms with Crippen molar-refractivity contribution in [3.63, 3.8) is 0 Å². The third kappa shape index (κ3) is 4.76. The van der Waals surface area contributed by atoms with E-state index in [4.69, 9.17) is 4.74 Å². The first-order chi connectivity index (χ1) is 15.8. The number of carbonyl (C=O) groups is 1. The van der Waals surface area contributed by atoms with E-state index in [2.05, 4.69) is 4.72 Å². The molecule has 182 valence electrons. The highest BCUT2D eigenvalue weighted by Gasteiger charge is 2.45. The molecular formula is C21H23N3O9S. The molecule has 0 fully saturated rings. The summed E-state index contributed by atoms with van der Waals surface area (Å²) < 4.78 is 34.5. The topological polar surface area (TPSA) is 179 Å². The Morgan fingerprint density at radius 1 is 1.15 bits per heavy atom. The monoisotopic (exact) mass is 493 g/mol. The Kier molecular flexibility index (Phi) is 6.73. The van der Waals surface area contributed by atoms with E-state index in [-0.39, 0.29) is 23.5 Å². The number of fused-ring (bicyclic) bond motifs is 1. The average Bonchev–Trinajstić information content (AvgIpc) is 2.76. The van der Waals surface area contributed by atoms with Gasteiger partial charge in [-0.15, -0.1) is 0 Å². The van der Waals surface area contributed by atoms with Crippen LogP contribution in [0.2, 0.25) is 0 Å². The van der Waals surface area contributed by atoms with Crippen LogP contribution in [0.5, 0.6) is 5.75 Å². The molecule has 2 aromatic rings. The van der Waals surface area contributed by atoms with Crippen LogP contribution in [0.25, 0.3) is 0 Å². The molecule has 0 amide bonds. The van der Waals surface area contributed by atoms with E-state index in [1.54, 1.807) is 0 Å². The molecule has 0 spiro atoms. The van der Waals surface area contributed by atoms with Crippen LogP contribution in [0, 0.1) is 20.2 Å². The maximum atomic E-state index is 13.2. The van der Waals surface area contributed by atoms with Crippen LogP contribution in [0.1, 0.15) is 55.6 Å². The predicted molar refractivity (Wildman–Crippen MR) is 119 cm³/mol. The Bertz CT molecular complexity index is 1270. The van der Waals surface area contributed by atoms with Crippen molar-refractivity contribution in [1.29, 1.82) is 0 Å². The normalized spacial score (nSPS) is 19.1. The number of nitrogens with one attached hydrogen (secondary N) is 1. The van der Waals surface area contributed by atoms with Crippen LogP contribution < -0.4 is 9.46 Å². The second-order valence-corrected chi connectivity index (χ2v) is 10.0. The first kappa shape index (κ1) is 25.2. The first-order valence-corrected chi connectivity index (χ1v) is 11.8. The molecule has 2 N–H and O–H groups in total. The maximum Gasteiger partial charge on any atom is 0.296 e. The summed E-state index contributed by atoms with van der Waals surface area (Å²) in [7, 11) is -4.66. The van der Waals surface area contributed by atoms with Gasteiger partial charge >= 0.3 is 0 Å². The molecular weight excluding hydrogens is 470 g/mol. The van der Waals surface area contributed by atoms with E-state index < -0.39 is 53.9 Å². The molecule has 0 unspecified atom stereocenters. The summed E-state index contributed by atoms with van der Waals surface area (Å²) in [5.41, 5.74) is -2.42. The minimum atomic E-state index is -4.66. The van der Waals surface area contributed by atoms with Crippen LogP contribution in [-0.2, 0) is 10.0 Å². The van der Waals surface area contributed by atoms with E-state index >= 15 is 0 Å². The summed E-state index contributed by atoms with van der Waals surface area (Å²) >= 11 is 0. The van der Waals surface area contributed by atoms with Crippen molar-refractivity contribution in [2.24, 2.45) is 0 Å². The summed E-state index contributed by atoms with van der Waals surface area (Å²) in [6, 6.07) is 5.28. The van der Waals surface area contributed by atoms with Crippen LogP contribution in [0.15, 0.2) is 41.3 Å². The van der Waals surface area contributed by atoms with E-state index in [1.807, 2.05) is 6.92 Å². The number of rotatable bonds is 8. The third-order valence-corrected chi connectivity index (χ3v) is 6.96. The molecule has 0 aliphatic carbocycles. The van der Waals surface area contributed by atoms with Gasteiger partial charge in [-0.1, -0.05) is 6.92 Å². The zero-order valence-corrected chi connectivity index (χ0v) is 19.4. The zero-order valence-electron chi connectivity index (χ0n) is 18.5. The van der Waals surface area contributed by atoms with Crippen molar-refractivity contribution in [1.82, 2.24) is 4.72 Å². The number of non-ortho nitro benzene ring substituents is 1. The molecule has 1 aliphatic rings. The molecule has 3 rings (SSSR count). The van der Waals surface area contributed by atoms with Crippen molar-refractivity contribution >= 4 is 27.2 Å². The van der Waals surface area contributed by atoms with E-state index in [0.717, 1.165) is 12.1 Å². The van der Waals surface area contributed by atoms with Gasteiger partial charge in [0.2, 0.25) is 10.0 Å². The second kappa shape index (κ2) is 9.08. The second-order valence-electron chi connectivity index (χ2n) is 8.34. The highest BCUT2D eigenvalue weighted by Crippen LogP contribution is 2.41. The van der Waals surface area contributed by atoms with Gasteiger partial charge < -0.3 is 9.84 Å². The zero-order chi connectivity index (χ0) is 25.4. The summed E-state index contributed by atoms with van der Waals surface area (Å²) in [5.74, 6) is 0.0477. The number of hydrogen-bond acceptors (Lipinski definition) is 9. The number of ketones is 1. The van der Waals surface area contributed by atoms with E-state index in [0.29, 0.717) is 18.1 Å². The van der Waals surface area contributed by atoms with E-state index in [9.17, 15) is 38.5 Å². The third-order valence-electron chi connectivity index (χ3n) is 5.47. The minimum absolute atomic E-state index is 0.182. The lowest BCUT2D eigenvalue weighted by Gasteiger charge is -2.42. The van der Waals surface area contributed by atoms with Gasteiger partial charge in [0.05, 0.1) is 22.0 Å². The Labute approximate surface area is 194 Å². The fourth-order valence-electron chi connectivity index (χ4n) is 3.69. The quantitative estimate of drug-likeness (QED) is 0.317. The molecule has 1 heterocycles. The number of sulfonamides is 1. The fourth-order valence-corrected chi connectivity index (χ4v) is 5.07. The lowest BCUT2D eigenvalue weighted by Crippen LogP contribution is -2.53. The van der Waals surface area contributed by atoms with Gasteiger partial charge in [0.25, 0.3) is 11.4 Å². The Morgan fingerprint density at radius 2 is 1.82 bits per heavy atom. The average molecular weight is 493 g/mol. The van der Waals surface area contributed by atoms with Gasteiger partial charge in [-0.25, -0.2) is 13.1 Å². The standard InChI is InChI=1S/C21H23N3O9S/c1-4-5-16(25)12-6-8-17-14(10-12)19(20(26)21(2,3)33-17)22-34(31,32)18-9-7-13(23(27)28)11-15(18)24(29)30/h6-11,19-20,22,26H,4-5H2,1-3H3/t19-,20+/m1/s1. The maximum absolute atomic E-state index is 13.2. The summed E-state index contributed by atoms with van der Waals surface area (Å²) in [6.07, 6.45) is -0.579. The van der Waals surface area contributed by atoms with Crippen molar-refractivity contribution in [3.8, 4) is 5.75 Å². The molecule has 0 aromatic heterocycles. The Hall–Kier alpha value is -3.42. The molecule has 0 radical (unpaired) electrons. The summed E-state index contributed by atoms with van der Waals surface area (Å²) in [5, 5.41) is 33.4. The van der Waals surface area contributed by atoms with Crippen molar-refractivity contribution in [2.45, 2.75) is 56.3 Å². The number of nitro benzene ring substituents is 2. The van der Waals surface area contributed by atoms with Gasteiger partial charge in [-0.3, -0.25) is 25.0 Å². The number of benzene rings is 2. The van der Waals surface area contributed by atoms with Gasteiger partial charge in [0.15, 0.2) is 10.7 Å². The summed E-state index contributed by atoms with van der Waals surface area (Å²) in [4.78, 5) is 32.1. The molecule has 2 atom stereocenters. The van der Waals surface area contributed by atoms with Gasteiger partial charge in [0.1, 0.15) is 17.5 Å². The fraction of sp³-hybridized carbons (Fsp3) is 0.381. The summed E-state index contributed by atoms with van der Waals surface area (Å²) in [6.45, 7) is 4.90. The van der Waals surface area contributed by atoms with Crippen molar-refractivity contribution < 1.29 is 32.9 Å². The van der Waals surface area contributed by atoms with Crippen LogP contribution in [0.3, 0.4) is 0 Å².